The Hall–Kier alpha value is -0.800. The minimum Gasteiger partial charge on any atom is -0.294 e. The van der Waals surface area contributed by atoms with E-state index in [1.807, 2.05) is 0 Å². The summed E-state index contributed by atoms with van der Waals surface area (Å²) in [6.45, 7) is 5.44. The smallest absolute Gasteiger partial charge is 0.116 e. The summed E-state index contributed by atoms with van der Waals surface area (Å²) in [5, 5.41) is 5.70. The first kappa shape index (κ1) is 9.74. The van der Waals surface area contributed by atoms with Gasteiger partial charge in [0.25, 0.3) is 0 Å². The molecule has 0 spiro atoms. The summed E-state index contributed by atoms with van der Waals surface area (Å²) in [5.41, 5.74) is 4.92. The normalized spacial score (nSPS) is 26.4. The molecule has 0 radical (unpaired) electrons. The maximum atomic E-state index is 3.52. The fraction of sp³-hybridized carbons (Fsp3) is 0.636. The third kappa shape index (κ3) is 1.99. The SMILES string of the molecule is CC(C)NN1C=CC=C2CCCN[C@@H]21. The van der Waals surface area contributed by atoms with E-state index in [9.17, 15) is 0 Å². The maximum Gasteiger partial charge on any atom is 0.116 e. The number of nitrogens with zero attached hydrogens (tertiary/aromatic N) is 1. The van der Waals surface area contributed by atoms with Gasteiger partial charge in [-0.05, 0) is 44.9 Å². The zero-order valence-corrected chi connectivity index (χ0v) is 8.96. The molecule has 3 heteroatoms. The van der Waals surface area contributed by atoms with E-state index in [0.717, 1.165) is 6.54 Å². The Balaban J connectivity index is 2.05. The first-order chi connectivity index (χ1) is 6.77. The molecule has 0 bridgehead atoms. The topological polar surface area (TPSA) is 27.3 Å². The molecule has 1 atom stereocenters. The molecule has 0 aromatic rings. The van der Waals surface area contributed by atoms with Crippen molar-refractivity contribution >= 4 is 0 Å². The summed E-state index contributed by atoms with van der Waals surface area (Å²) in [4.78, 5) is 0. The van der Waals surface area contributed by atoms with Gasteiger partial charge in [0.15, 0.2) is 0 Å². The second kappa shape index (κ2) is 4.15. The van der Waals surface area contributed by atoms with Crippen LogP contribution < -0.4 is 10.7 Å². The van der Waals surface area contributed by atoms with Crippen molar-refractivity contribution in [1.82, 2.24) is 15.8 Å². The summed E-state index contributed by atoms with van der Waals surface area (Å²) in [5.74, 6) is 0. The number of hydrazine groups is 1. The van der Waals surface area contributed by atoms with Gasteiger partial charge in [-0.15, -0.1) is 0 Å². The lowest BCUT2D eigenvalue weighted by Gasteiger charge is -2.39. The fourth-order valence-electron chi connectivity index (χ4n) is 2.01. The average Bonchev–Trinajstić information content (AvgIpc) is 2.18. The molecule has 2 aliphatic heterocycles. The Morgan fingerprint density at radius 2 is 2.43 bits per heavy atom. The van der Waals surface area contributed by atoms with E-state index in [0.29, 0.717) is 12.2 Å². The van der Waals surface area contributed by atoms with Crippen molar-refractivity contribution in [2.45, 2.75) is 38.9 Å². The third-order valence-corrected chi connectivity index (χ3v) is 2.57. The van der Waals surface area contributed by atoms with Gasteiger partial charge in [0.1, 0.15) is 6.17 Å². The second-order valence-corrected chi connectivity index (χ2v) is 4.23. The molecule has 78 valence electrons. The van der Waals surface area contributed by atoms with Gasteiger partial charge in [-0.25, -0.2) is 5.43 Å². The van der Waals surface area contributed by atoms with Gasteiger partial charge in [-0.2, -0.15) is 0 Å². The Morgan fingerprint density at radius 3 is 3.21 bits per heavy atom. The van der Waals surface area contributed by atoms with Crippen LogP contribution >= 0.6 is 0 Å². The van der Waals surface area contributed by atoms with E-state index in [4.69, 9.17) is 0 Å². The van der Waals surface area contributed by atoms with E-state index in [1.165, 1.54) is 18.4 Å². The number of nitrogens with one attached hydrogen (secondary N) is 2. The monoisotopic (exact) mass is 193 g/mol. The predicted octanol–water partition coefficient (Wildman–Crippen LogP) is 1.36. The van der Waals surface area contributed by atoms with Gasteiger partial charge in [-0.1, -0.05) is 6.08 Å². The number of hydrogen-bond acceptors (Lipinski definition) is 3. The summed E-state index contributed by atoms with van der Waals surface area (Å²) in [6, 6.07) is 0.475. The molecule has 3 nitrogen and oxygen atoms in total. The molecule has 0 saturated carbocycles. The number of piperidine rings is 1. The minimum absolute atomic E-state index is 0.371. The van der Waals surface area contributed by atoms with Crippen LogP contribution in [-0.4, -0.2) is 23.8 Å². The molecule has 14 heavy (non-hydrogen) atoms. The van der Waals surface area contributed by atoms with Crippen molar-refractivity contribution in [3.8, 4) is 0 Å². The van der Waals surface area contributed by atoms with Crippen molar-refractivity contribution in [3.63, 3.8) is 0 Å². The van der Waals surface area contributed by atoms with Crippen molar-refractivity contribution in [2.24, 2.45) is 0 Å². The highest BCUT2D eigenvalue weighted by atomic mass is 15.6. The molecule has 2 aliphatic rings. The van der Waals surface area contributed by atoms with E-state index >= 15 is 0 Å². The number of fused-ring (bicyclic) bond motifs is 1. The van der Waals surface area contributed by atoms with Crippen LogP contribution in [0.5, 0.6) is 0 Å². The Bertz CT molecular complexity index is 255. The summed E-state index contributed by atoms with van der Waals surface area (Å²) < 4.78 is 0. The number of hydrogen-bond donors (Lipinski definition) is 2. The van der Waals surface area contributed by atoms with E-state index < -0.39 is 0 Å². The van der Waals surface area contributed by atoms with Crippen LogP contribution in [0.4, 0.5) is 0 Å². The molecule has 2 heterocycles. The van der Waals surface area contributed by atoms with Crippen LogP contribution in [0, 0.1) is 0 Å². The van der Waals surface area contributed by atoms with Gasteiger partial charge in [0, 0.05) is 12.2 Å². The molecular formula is C11H19N3. The van der Waals surface area contributed by atoms with Crippen LogP contribution in [-0.2, 0) is 0 Å². The first-order valence-electron chi connectivity index (χ1n) is 5.42. The summed E-state index contributed by atoms with van der Waals surface area (Å²) in [6.07, 6.45) is 9.30. The lowest BCUT2D eigenvalue weighted by atomic mass is 10.0. The van der Waals surface area contributed by atoms with E-state index in [1.54, 1.807) is 0 Å². The van der Waals surface area contributed by atoms with Crippen LogP contribution in [0.25, 0.3) is 0 Å². The largest absolute Gasteiger partial charge is 0.294 e. The number of allylic oxidation sites excluding steroid dienone is 2. The maximum absolute atomic E-state index is 3.52. The molecule has 2 N–H and O–H groups in total. The molecule has 1 fully saturated rings. The average molecular weight is 193 g/mol. The quantitative estimate of drug-likeness (QED) is 0.693. The molecular weight excluding hydrogens is 174 g/mol. The Labute approximate surface area is 85.8 Å². The lowest BCUT2D eigenvalue weighted by Crippen LogP contribution is -2.55. The molecule has 1 saturated heterocycles. The van der Waals surface area contributed by atoms with Crippen LogP contribution in [0.15, 0.2) is 23.9 Å². The number of rotatable bonds is 2. The summed E-state index contributed by atoms with van der Waals surface area (Å²) in [7, 11) is 0. The lowest BCUT2D eigenvalue weighted by molar-refractivity contribution is 0.155. The summed E-state index contributed by atoms with van der Waals surface area (Å²) >= 11 is 0. The Kier molecular flexibility index (Phi) is 2.89. The molecule has 0 unspecified atom stereocenters. The minimum atomic E-state index is 0.371. The predicted molar refractivity (Wildman–Crippen MR) is 58.4 cm³/mol. The molecule has 0 aliphatic carbocycles. The Morgan fingerprint density at radius 1 is 1.57 bits per heavy atom. The molecule has 0 aromatic heterocycles. The highest BCUT2D eigenvalue weighted by Crippen LogP contribution is 2.21. The second-order valence-electron chi connectivity index (χ2n) is 4.23. The third-order valence-electron chi connectivity index (χ3n) is 2.57. The van der Waals surface area contributed by atoms with Crippen LogP contribution in [0.2, 0.25) is 0 Å². The van der Waals surface area contributed by atoms with Crippen molar-refractivity contribution in [1.29, 1.82) is 0 Å². The van der Waals surface area contributed by atoms with Crippen molar-refractivity contribution < 1.29 is 0 Å². The molecule has 0 amide bonds. The van der Waals surface area contributed by atoms with Gasteiger partial charge in [0.2, 0.25) is 0 Å². The first-order valence-corrected chi connectivity index (χ1v) is 5.42. The van der Waals surface area contributed by atoms with Crippen molar-refractivity contribution in [2.75, 3.05) is 6.54 Å². The van der Waals surface area contributed by atoms with Gasteiger partial charge in [0.05, 0.1) is 0 Å². The highest BCUT2D eigenvalue weighted by Gasteiger charge is 2.24. The van der Waals surface area contributed by atoms with E-state index in [-0.39, 0.29) is 0 Å². The van der Waals surface area contributed by atoms with Crippen LogP contribution in [0.3, 0.4) is 0 Å². The molecule has 2 rings (SSSR count). The zero-order valence-electron chi connectivity index (χ0n) is 8.96. The standard InChI is InChI=1S/C11H19N3/c1-9(2)13-14-8-4-6-10-5-3-7-12-11(10)14/h4,6,8-9,11-13H,3,5,7H2,1-2H3/t11-/m1/s1. The highest BCUT2D eigenvalue weighted by molar-refractivity contribution is 5.23. The van der Waals surface area contributed by atoms with Gasteiger partial charge < -0.3 is 0 Å². The molecule has 0 aromatic carbocycles. The zero-order chi connectivity index (χ0) is 9.97. The van der Waals surface area contributed by atoms with Gasteiger partial charge >= 0.3 is 0 Å². The van der Waals surface area contributed by atoms with Gasteiger partial charge in [-0.3, -0.25) is 10.3 Å². The van der Waals surface area contributed by atoms with Crippen LogP contribution in [0.1, 0.15) is 26.7 Å². The fourth-order valence-corrected chi connectivity index (χ4v) is 2.01. The van der Waals surface area contributed by atoms with E-state index in [2.05, 4.69) is 48.0 Å². The van der Waals surface area contributed by atoms with Crippen molar-refractivity contribution in [3.05, 3.63) is 23.9 Å².